The van der Waals surface area contributed by atoms with Crippen LogP contribution in [0.15, 0.2) is 21.9 Å². The summed E-state index contributed by atoms with van der Waals surface area (Å²) in [7, 11) is 0. The van der Waals surface area contributed by atoms with Crippen LogP contribution < -0.4 is 21.3 Å². The normalized spacial score (nSPS) is 12.7. The third-order valence-electron chi connectivity index (χ3n) is 5.47. The summed E-state index contributed by atoms with van der Waals surface area (Å²) < 4.78 is 5.33. The predicted octanol–water partition coefficient (Wildman–Crippen LogP) is 3.74. The first-order valence-corrected chi connectivity index (χ1v) is 11.3. The first-order valence-electron chi connectivity index (χ1n) is 11.3. The van der Waals surface area contributed by atoms with Gasteiger partial charge in [0.2, 0.25) is 0 Å². The van der Waals surface area contributed by atoms with Crippen molar-refractivity contribution in [2.75, 3.05) is 18.1 Å². The molecule has 172 valence electrons. The molecule has 0 aliphatic carbocycles. The number of aromatic amines is 1. The van der Waals surface area contributed by atoms with E-state index >= 15 is 0 Å². The van der Waals surface area contributed by atoms with Gasteiger partial charge in [-0.05, 0) is 55.4 Å². The number of hydrogen-bond acceptors (Lipinski definition) is 6. The van der Waals surface area contributed by atoms with Gasteiger partial charge in [0.1, 0.15) is 5.48 Å². The summed E-state index contributed by atoms with van der Waals surface area (Å²) in [6.45, 7) is 15.2. The first kappa shape index (κ1) is 23.7. The lowest BCUT2D eigenvalue weighted by atomic mass is 9.99. The highest BCUT2D eigenvalue weighted by Crippen LogP contribution is 2.36. The predicted molar refractivity (Wildman–Crippen MR) is 127 cm³/mol. The van der Waals surface area contributed by atoms with Crippen LogP contribution in [0.3, 0.4) is 0 Å². The zero-order valence-corrected chi connectivity index (χ0v) is 19.9. The summed E-state index contributed by atoms with van der Waals surface area (Å²) in [6.07, 6.45) is 4.08. The lowest BCUT2D eigenvalue weighted by Crippen LogP contribution is -2.42. The van der Waals surface area contributed by atoms with Gasteiger partial charge in [-0.2, -0.15) is 0 Å². The average molecular weight is 439 g/mol. The molecule has 0 bridgehead atoms. The Morgan fingerprint density at radius 3 is 2.53 bits per heavy atom. The molecule has 1 aliphatic heterocycles. The fourth-order valence-corrected chi connectivity index (χ4v) is 3.60. The molecule has 1 aliphatic rings. The van der Waals surface area contributed by atoms with Crippen LogP contribution in [0.2, 0.25) is 0 Å². The lowest BCUT2D eigenvalue weighted by Gasteiger charge is -2.28. The smallest absolute Gasteiger partial charge is 0.305 e. The second kappa shape index (κ2) is 9.67. The number of aryl methyl sites for hydroxylation is 2. The Balaban J connectivity index is 1.64. The van der Waals surface area contributed by atoms with E-state index in [1.807, 2.05) is 33.8 Å². The zero-order valence-electron chi connectivity index (χ0n) is 19.9. The Morgan fingerprint density at radius 1 is 1.12 bits per heavy atom. The van der Waals surface area contributed by atoms with Crippen LogP contribution in [0.1, 0.15) is 64.0 Å². The summed E-state index contributed by atoms with van der Waals surface area (Å²) in [5.74, 6) is 0.429. The van der Waals surface area contributed by atoms with Crippen molar-refractivity contribution in [3.8, 4) is 0 Å². The fraction of sp³-hybridized carbons (Fsp3) is 0.520. The number of hydrogen-bond donors (Lipinski definition) is 1. The van der Waals surface area contributed by atoms with Crippen LogP contribution in [-0.2, 0) is 9.53 Å². The molecule has 7 nitrogen and oxygen atoms in total. The van der Waals surface area contributed by atoms with E-state index < -0.39 is 0 Å². The van der Waals surface area contributed by atoms with Gasteiger partial charge in [0.15, 0.2) is 11.2 Å². The Hall–Kier alpha value is -2.96. The van der Waals surface area contributed by atoms with Crippen LogP contribution in [-0.4, -0.2) is 29.1 Å². The minimum Gasteiger partial charge on any atom is -0.465 e. The molecule has 0 spiro atoms. The fourth-order valence-electron chi connectivity index (χ4n) is 3.60. The molecule has 7 heteroatoms. The number of benzene rings is 1. The number of unbranched alkanes of at least 4 members (excludes halogenated alkanes) is 3. The number of nitrogens with zero attached hydrogens (tertiary/aromatic N) is 3. The maximum Gasteiger partial charge on any atom is 0.305 e. The molecule has 0 amide bonds. The summed E-state index contributed by atoms with van der Waals surface area (Å²) in [5.41, 5.74) is 4.09. The van der Waals surface area contributed by atoms with Gasteiger partial charge in [0.05, 0.1) is 18.0 Å². The van der Waals surface area contributed by atoms with Crippen LogP contribution in [0.4, 0.5) is 17.2 Å². The van der Waals surface area contributed by atoms with Crippen molar-refractivity contribution < 1.29 is 9.53 Å². The van der Waals surface area contributed by atoms with E-state index in [1.54, 1.807) is 0 Å². The molecule has 1 aromatic heterocycles. The van der Waals surface area contributed by atoms with Crippen molar-refractivity contribution in [1.82, 2.24) is 9.97 Å². The molecule has 0 saturated heterocycles. The largest absolute Gasteiger partial charge is 0.465 e. The number of ether oxygens (including phenoxy) is 1. The van der Waals surface area contributed by atoms with Crippen LogP contribution in [0, 0.1) is 19.3 Å². The van der Waals surface area contributed by atoms with Crippen molar-refractivity contribution in [2.24, 2.45) is 10.4 Å². The molecular weight excluding hydrogens is 404 g/mol. The van der Waals surface area contributed by atoms with Crippen LogP contribution in [0.25, 0.3) is 6.58 Å². The number of fused-ring (bicyclic) bond motifs is 2. The molecule has 0 atom stereocenters. The van der Waals surface area contributed by atoms with Crippen molar-refractivity contribution >= 4 is 29.7 Å². The number of H-pyrrole nitrogens is 1. The number of carbonyl (C=O) groups excluding carboxylic acids is 1. The number of anilines is 2. The molecular formula is C25H34N4O3. The molecule has 32 heavy (non-hydrogen) atoms. The van der Waals surface area contributed by atoms with Gasteiger partial charge in [0.25, 0.3) is 5.56 Å². The van der Waals surface area contributed by atoms with Crippen molar-refractivity contribution in [1.29, 1.82) is 0 Å². The summed E-state index contributed by atoms with van der Waals surface area (Å²) in [6, 6.07) is 4.12. The van der Waals surface area contributed by atoms with E-state index in [1.165, 1.54) is 5.56 Å². The van der Waals surface area contributed by atoms with E-state index in [0.29, 0.717) is 36.2 Å². The monoisotopic (exact) mass is 438 g/mol. The van der Waals surface area contributed by atoms with Crippen LogP contribution >= 0.6 is 0 Å². The highest BCUT2D eigenvalue weighted by atomic mass is 16.5. The molecule has 0 radical (unpaired) electrons. The van der Waals surface area contributed by atoms with E-state index in [9.17, 15) is 9.59 Å². The van der Waals surface area contributed by atoms with Gasteiger partial charge in [-0.15, -0.1) is 0 Å². The van der Waals surface area contributed by atoms with Gasteiger partial charge in [-0.1, -0.05) is 40.2 Å². The van der Waals surface area contributed by atoms with Crippen molar-refractivity contribution in [2.45, 2.75) is 66.7 Å². The van der Waals surface area contributed by atoms with Gasteiger partial charge < -0.3 is 14.6 Å². The third kappa shape index (κ3) is 5.84. The van der Waals surface area contributed by atoms with Crippen molar-refractivity contribution in [3.63, 3.8) is 0 Å². The SMILES string of the molecule is C=c1nc2c(c(=O)[nH]1)=Nc1cc(C)c(C)cc1N2CCCCCCC(=O)OCC(C)(C)C. The maximum absolute atomic E-state index is 12.5. The molecule has 1 aromatic carbocycles. The standard InChI is InChI=1S/C25H34N4O3/c1-16-13-19-20(14-17(16)2)29(23-22(28-19)24(31)27-18(3)26-23)12-10-8-7-9-11-21(30)32-15-25(4,5)6/h13-14H,3,7-12,15H2,1-2,4-6H3,(H,27,31). The molecule has 0 fully saturated rings. The third-order valence-corrected chi connectivity index (χ3v) is 5.47. The molecule has 2 heterocycles. The number of carbonyl (C=O) groups is 1. The second-order valence-corrected chi connectivity index (χ2v) is 9.76. The van der Waals surface area contributed by atoms with E-state index in [0.717, 1.165) is 42.6 Å². The van der Waals surface area contributed by atoms with Gasteiger partial charge in [-0.3, -0.25) is 9.59 Å². The molecule has 2 aromatic rings. The van der Waals surface area contributed by atoms with Crippen LogP contribution in [0.5, 0.6) is 0 Å². The molecule has 1 N–H and O–H groups in total. The quantitative estimate of drug-likeness (QED) is 0.501. The Kier molecular flexibility index (Phi) is 7.16. The first-order chi connectivity index (χ1) is 15.0. The summed E-state index contributed by atoms with van der Waals surface area (Å²) in [5, 5.41) is 0.328. The minimum absolute atomic E-state index is 0.0104. The van der Waals surface area contributed by atoms with E-state index in [2.05, 4.69) is 39.4 Å². The molecule has 3 rings (SSSR count). The van der Waals surface area contributed by atoms with Gasteiger partial charge in [0, 0.05) is 13.0 Å². The number of nitrogens with one attached hydrogen (secondary N) is 1. The molecule has 0 saturated carbocycles. The van der Waals surface area contributed by atoms with Gasteiger partial charge in [-0.25, -0.2) is 9.98 Å². The Labute approximate surface area is 189 Å². The maximum atomic E-state index is 12.5. The topological polar surface area (TPSA) is 87.7 Å². The van der Waals surface area contributed by atoms with E-state index in [-0.39, 0.29) is 16.9 Å². The average Bonchev–Trinajstić information content (AvgIpc) is 2.69. The van der Waals surface area contributed by atoms with Crippen molar-refractivity contribution in [3.05, 3.63) is 44.5 Å². The Bertz CT molecular complexity index is 1160. The highest BCUT2D eigenvalue weighted by molar-refractivity contribution is 5.77. The van der Waals surface area contributed by atoms with Gasteiger partial charge >= 0.3 is 5.97 Å². The number of rotatable bonds is 8. The second-order valence-electron chi connectivity index (χ2n) is 9.76. The minimum atomic E-state index is -0.275. The molecule has 0 unspecified atom stereocenters. The van der Waals surface area contributed by atoms with E-state index in [4.69, 9.17) is 4.74 Å². The zero-order chi connectivity index (χ0) is 23.5. The summed E-state index contributed by atoms with van der Waals surface area (Å²) >= 11 is 0. The summed E-state index contributed by atoms with van der Waals surface area (Å²) in [4.78, 5) is 38.2. The lowest BCUT2D eigenvalue weighted by molar-refractivity contribution is -0.146. The highest BCUT2D eigenvalue weighted by Gasteiger charge is 2.23. The number of esters is 1. The number of aromatic nitrogens is 2. The Morgan fingerprint density at radius 2 is 1.81 bits per heavy atom.